The van der Waals surface area contributed by atoms with Crippen molar-refractivity contribution in [2.75, 3.05) is 53.9 Å². The van der Waals surface area contributed by atoms with Crippen molar-refractivity contribution in [1.82, 2.24) is 0 Å². The first-order chi connectivity index (χ1) is 14.9. The maximum absolute atomic E-state index is 12.6. The van der Waals surface area contributed by atoms with Crippen LogP contribution in [0.25, 0.3) is 0 Å². The number of rotatable bonds is 16. The zero-order chi connectivity index (χ0) is 23.1. The first-order valence-electron chi connectivity index (χ1n) is 9.83. The fraction of sp³-hybridized carbons (Fsp3) is 0.600. The van der Waals surface area contributed by atoms with Crippen molar-refractivity contribution in [1.29, 1.82) is 0 Å². The van der Waals surface area contributed by atoms with Crippen molar-refractivity contribution in [3.05, 3.63) is 35.9 Å². The second-order valence-corrected chi connectivity index (χ2v) is 8.00. The van der Waals surface area contributed by atoms with Gasteiger partial charge in [0.2, 0.25) is 0 Å². The summed E-state index contributed by atoms with van der Waals surface area (Å²) in [5.41, 5.74) is 0.687. The van der Waals surface area contributed by atoms with E-state index in [4.69, 9.17) is 32.7 Å². The lowest BCUT2D eigenvalue weighted by atomic mass is 10.1. The number of hydrogen-bond donors (Lipinski definition) is 0. The molecule has 0 aliphatic rings. The van der Waals surface area contributed by atoms with Crippen LogP contribution in [0.1, 0.15) is 25.5 Å². The van der Waals surface area contributed by atoms with Gasteiger partial charge in [-0.3, -0.25) is 4.57 Å². The second kappa shape index (κ2) is 15.1. The fourth-order valence-corrected chi connectivity index (χ4v) is 4.19. The molecule has 0 aliphatic heterocycles. The highest BCUT2D eigenvalue weighted by atomic mass is 31.2. The summed E-state index contributed by atoms with van der Waals surface area (Å²) in [4.78, 5) is 24.3. The third-order valence-electron chi connectivity index (χ3n) is 3.83. The molecule has 0 spiro atoms. The normalized spacial score (nSPS) is 13.4. The number of benzene rings is 1. The summed E-state index contributed by atoms with van der Waals surface area (Å²) in [6.45, 7) is 3.44. The summed E-state index contributed by atoms with van der Waals surface area (Å²) < 4.78 is 48.5. The van der Waals surface area contributed by atoms with E-state index in [0.717, 1.165) is 0 Å². The molecule has 0 saturated heterocycles. The maximum Gasteiger partial charge on any atom is 0.370 e. The molecule has 176 valence electrons. The Kier molecular flexibility index (Phi) is 13.2. The van der Waals surface area contributed by atoms with Gasteiger partial charge in [0, 0.05) is 14.2 Å². The minimum Gasteiger partial charge on any atom is -0.461 e. The van der Waals surface area contributed by atoms with Gasteiger partial charge >= 0.3 is 19.5 Å². The summed E-state index contributed by atoms with van der Waals surface area (Å²) in [5.74, 6) is -2.90. The van der Waals surface area contributed by atoms with Gasteiger partial charge < -0.3 is 32.7 Å². The highest BCUT2D eigenvalue weighted by molar-refractivity contribution is 7.55. The monoisotopic (exact) mass is 462 g/mol. The Balaban J connectivity index is 2.32. The molecule has 0 amide bonds. The third kappa shape index (κ3) is 9.06. The van der Waals surface area contributed by atoms with E-state index < -0.39 is 31.5 Å². The van der Waals surface area contributed by atoms with E-state index in [1.54, 1.807) is 38.1 Å². The van der Waals surface area contributed by atoms with Crippen LogP contribution in [0.3, 0.4) is 0 Å². The largest absolute Gasteiger partial charge is 0.461 e. The molecule has 0 radical (unpaired) electrons. The summed E-state index contributed by atoms with van der Waals surface area (Å²) in [6, 6.07) is 8.97. The van der Waals surface area contributed by atoms with Crippen LogP contribution in [0.5, 0.6) is 0 Å². The van der Waals surface area contributed by atoms with Gasteiger partial charge in [-0.1, -0.05) is 30.3 Å². The molecule has 1 rings (SSSR count). The van der Waals surface area contributed by atoms with Gasteiger partial charge in [0.15, 0.2) is 6.10 Å². The van der Waals surface area contributed by atoms with E-state index in [-0.39, 0.29) is 39.6 Å². The Bertz CT molecular complexity index is 686. The molecule has 11 heteroatoms. The number of carbonyl (C=O) groups excluding carboxylic acids is 2. The summed E-state index contributed by atoms with van der Waals surface area (Å²) in [5, 5.41) is 0. The molecular weight excluding hydrogens is 431 g/mol. The first kappa shape index (κ1) is 27.2. The van der Waals surface area contributed by atoms with Crippen molar-refractivity contribution in [3.63, 3.8) is 0 Å². The van der Waals surface area contributed by atoms with Gasteiger partial charge in [0.1, 0.15) is 13.2 Å². The molecule has 0 aliphatic carbocycles. The number of carbonyl (C=O) groups is 2. The van der Waals surface area contributed by atoms with Gasteiger partial charge in [0.05, 0.1) is 26.4 Å². The topological polar surface area (TPSA) is 116 Å². The minimum absolute atomic E-state index is 0.00402. The van der Waals surface area contributed by atoms with Crippen molar-refractivity contribution in [2.45, 2.75) is 25.8 Å². The molecule has 31 heavy (non-hydrogen) atoms. The molecule has 0 aromatic heterocycles. The van der Waals surface area contributed by atoms with Crippen LogP contribution in [0, 0.1) is 0 Å². The van der Waals surface area contributed by atoms with Crippen molar-refractivity contribution < 1.29 is 46.9 Å². The highest BCUT2D eigenvalue weighted by Gasteiger charge is 2.42. The predicted octanol–water partition coefficient (Wildman–Crippen LogP) is 2.72. The van der Waals surface area contributed by atoms with Crippen LogP contribution in [0.2, 0.25) is 0 Å². The van der Waals surface area contributed by atoms with Gasteiger partial charge in [0.25, 0.3) is 5.85 Å². The molecule has 0 heterocycles. The first-order valence-corrected chi connectivity index (χ1v) is 11.4. The third-order valence-corrected chi connectivity index (χ3v) is 6.06. The molecule has 2 atom stereocenters. The Morgan fingerprint density at radius 1 is 0.839 bits per heavy atom. The number of ether oxygens (including phenoxy) is 5. The van der Waals surface area contributed by atoms with Crippen LogP contribution in [0.15, 0.2) is 30.3 Å². The lowest BCUT2D eigenvalue weighted by Crippen LogP contribution is -2.28. The highest BCUT2D eigenvalue weighted by Crippen LogP contribution is 2.53. The van der Waals surface area contributed by atoms with E-state index in [2.05, 4.69) is 0 Å². The van der Waals surface area contributed by atoms with Crippen LogP contribution in [-0.2, 0) is 46.9 Å². The second-order valence-electron chi connectivity index (χ2n) is 5.94. The van der Waals surface area contributed by atoms with Crippen LogP contribution in [0.4, 0.5) is 0 Å². The maximum atomic E-state index is 12.6. The zero-order valence-electron chi connectivity index (χ0n) is 18.3. The van der Waals surface area contributed by atoms with Gasteiger partial charge in [-0.25, -0.2) is 9.59 Å². The summed E-state index contributed by atoms with van der Waals surface area (Å²) >= 11 is 0. The Morgan fingerprint density at radius 2 is 1.39 bits per heavy atom. The van der Waals surface area contributed by atoms with Crippen molar-refractivity contribution in [3.8, 4) is 0 Å². The van der Waals surface area contributed by atoms with Gasteiger partial charge in [-0.15, -0.1) is 0 Å². The van der Waals surface area contributed by atoms with E-state index in [1.165, 1.54) is 14.2 Å². The van der Waals surface area contributed by atoms with E-state index in [1.807, 2.05) is 6.07 Å². The van der Waals surface area contributed by atoms with Gasteiger partial charge in [-0.05, 0) is 19.4 Å². The fourth-order valence-electron chi connectivity index (χ4n) is 2.53. The lowest BCUT2D eigenvalue weighted by molar-refractivity contribution is -0.157. The Morgan fingerprint density at radius 3 is 1.87 bits per heavy atom. The average Bonchev–Trinajstić information content (AvgIpc) is 2.75. The van der Waals surface area contributed by atoms with Crippen LogP contribution >= 0.6 is 7.60 Å². The van der Waals surface area contributed by atoms with E-state index >= 15 is 0 Å². The molecule has 0 saturated carbocycles. The molecular formula is C20H31O10P. The van der Waals surface area contributed by atoms with Crippen molar-refractivity contribution in [2.24, 2.45) is 0 Å². The Hall–Kier alpha value is -1.81. The lowest BCUT2D eigenvalue weighted by Gasteiger charge is -2.23. The average molecular weight is 462 g/mol. The molecule has 0 bridgehead atoms. The van der Waals surface area contributed by atoms with Crippen molar-refractivity contribution >= 4 is 19.5 Å². The van der Waals surface area contributed by atoms with Gasteiger partial charge in [-0.2, -0.15) is 0 Å². The smallest absolute Gasteiger partial charge is 0.370 e. The minimum atomic E-state index is -3.81. The standard InChI is InChI=1S/C20H31O10P/c1-5-29-31(23,30-6-2)20(25-4)19(22)28-15-13-26-12-14-27-18(21)17(24-3)16-10-8-7-9-11-16/h7-11,17,20H,5-6,12-15H2,1-4H3. The predicted molar refractivity (Wildman–Crippen MR) is 111 cm³/mol. The quantitative estimate of drug-likeness (QED) is 0.206. The summed E-state index contributed by atoms with van der Waals surface area (Å²) in [6.07, 6.45) is -0.820. The number of esters is 2. The summed E-state index contributed by atoms with van der Waals surface area (Å²) in [7, 11) is -1.17. The molecule has 1 aromatic rings. The molecule has 0 fully saturated rings. The SMILES string of the molecule is CCOP(=O)(OCC)C(OC)C(=O)OCCOCCOC(=O)C(OC)c1ccccc1. The molecule has 10 nitrogen and oxygen atoms in total. The zero-order valence-corrected chi connectivity index (χ0v) is 19.2. The molecule has 1 aromatic carbocycles. The van der Waals surface area contributed by atoms with Crippen LogP contribution in [-0.4, -0.2) is 71.6 Å². The molecule has 2 unspecified atom stereocenters. The number of methoxy groups -OCH3 is 2. The van der Waals surface area contributed by atoms with Crippen LogP contribution < -0.4 is 0 Å². The molecule has 0 N–H and O–H groups in total. The number of hydrogen-bond acceptors (Lipinski definition) is 10. The van der Waals surface area contributed by atoms with E-state index in [9.17, 15) is 14.2 Å². The van der Waals surface area contributed by atoms with E-state index in [0.29, 0.717) is 5.56 Å². The Labute approximate surface area is 182 Å².